The maximum absolute atomic E-state index is 12.4. The normalized spacial score (nSPS) is 10.4. The zero-order chi connectivity index (χ0) is 18.6. The van der Waals surface area contributed by atoms with Crippen LogP contribution in [0.3, 0.4) is 0 Å². The average Bonchev–Trinajstić information content (AvgIpc) is 2.62. The van der Waals surface area contributed by atoms with Gasteiger partial charge in [0.05, 0.1) is 25.6 Å². The van der Waals surface area contributed by atoms with Crippen LogP contribution in [0, 0.1) is 6.92 Å². The predicted octanol–water partition coefficient (Wildman–Crippen LogP) is 1.35. The minimum Gasteiger partial charge on any atom is -0.497 e. The van der Waals surface area contributed by atoms with E-state index in [1.165, 1.54) is 14.2 Å². The van der Waals surface area contributed by atoms with Gasteiger partial charge in [-0.15, -0.1) is 0 Å². The Bertz CT molecular complexity index is 845. The van der Waals surface area contributed by atoms with Crippen LogP contribution in [0.2, 0.25) is 0 Å². The molecule has 134 valence electrons. The van der Waals surface area contributed by atoms with Gasteiger partial charge < -0.3 is 20.5 Å². The summed E-state index contributed by atoms with van der Waals surface area (Å²) in [6.07, 6.45) is 0.599. The van der Waals surface area contributed by atoms with Crippen molar-refractivity contribution in [2.75, 3.05) is 25.3 Å². The molecule has 1 aromatic carbocycles. The number of nitrogens with zero attached hydrogens (tertiary/aromatic N) is 2. The van der Waals surface area contributed by atoms with Crippen molar-refractivity contribution in [1.29, 1.82) is 0 Å². The lowest BCUT2D eigenvalue weighted by atomic mass is 10.2. The molecule has 0 bridgehead atoms. The molecule has 3 N–H and O–H groups in total. The molecule has 0 aliphatic carbocycles. The molecular formula is C17H22N4O4. The highest BCUT2D eigenvalue weighted by molar-refractivity contribution is 5.92. The number of amides is 1. The minimum absolute atomic E-state index is 0.0179. The van der Waals surface area contributed by atoms with E-state index in [0.717, 1.165) is 4.57 Å². The number of anilines is 2. The number of nitrogens with one attached hydrogen (secondary N) is 1. The van der Waals surface area contributed by atoms with Crippen molar-refractivity contribution in [3.8, 4) is 11.5 Å². The SMILES string of the molecule is CCc1nc(N)n(CC(=O)Nc2ccc(OC)cc2OC)c(=O)c1C. The summed E-state index contributed by atoms with van der Waals surface area (Å²) in [5, 5.41) is 2.70. The Morgan fingerprint density at radius 3 is 2.64 bits per heavy atom. The summed E-state index contributed by atoms with van der Waals surface area (Å²) >= 11 is 0. The van der Waals surface area contributed by atoms with Crippen LogP contribution in [0.15, 0.2) is 23.0 Å². The summed E-state index contributed by atoms with van der Waals surface area (Å²) in [5.74, 6) is 0.654. The smallest absolute Gasteiger partial charge is 0.258 e. The molecule has 2 rings (SSSR count). The highest BCUT2D eigenvalue weighted by Crippen LogP contribution is 2.28. The second kappa shape index (κ2) is 7.69. The number of ether oxygens (including phenoxy) is 2. The van der Waals surface area contributed by atoms with Crippen molar-refractivity contribution >= 4 is 17.5 Å². The van der Waals surface area contributed by atoms with Gasteiger partial charge in [0.25, 0.3) is 5.56 Å². The summed E-state index contributed by atoms with van der Waals surface area (Å²) in [7, 11) is 3.03. The summed E-state index contributed by atoms with van der Waals surface area (Å²) in [6.45, 7) is 3.33. The lowest BCUT2D eigenvalue weighted by Crippen LogP contribution is -2.32. The standard InChI is InChI=1S/C17H22N4O4/c1-5-12-10(2)16(23)21(17(18)20-12)9-15(22)19-13-7-6-11(24-3)8-14(13)25-4/h6-8H,5,9H2,1-4H3,(H2,18,20)(H,19,22). The maximum Gasteiger partial charge on any atom is 0.258 e. The topological polar surface area (TPSA) is 108 Å². The van der Waals surface area contributed by atoms with Crippen LogP contribution in [-0.2, 0) is 17.8 Å². The van der Waals surface area contributed by atoms with Crippen molar-refractivity contribution in [3.05, 3.63) is 39.8 Å². The summed E-state index contributed by atoms with van der Waals surface area (Å²) in [4.78, 5) is 28.9. The molecule has 0 spiro atoms. The van der Waals surface area contributed by atoms with E-state index in [-0.39, 0.29) is 18.1 Å². The summed E-state index contributed by atoms with van der Waals surface area (Å²) in [6, 6.07) is 5.00. The Balaban J connectivity index is 2.24. The number of aromatic nitrogens is 2. The van der Waals surface area contributed by atoms with E-state index in [0.29, 0.717) is 34.9 Å². The van der Waals surface area contributed by atoms with Crippen molar-refractivity contribution in [1.82, 2.24) is 9.55 Å². The quantitative estimate of drug-likeness (QED) is 0.817. The summed E-state index contributed by atoms with van der Waals surface area (Å²) < 4.78 is 11.5. The molecule has 0 radical (unpaired) electrons. The van der Waals surface area contributed by atoms with Gasteiger partial charge in [-0.2, -0.15) is 0 Å². The van der Waals surface area contributed by atoms with Crippen molar-refractivity contribution in [3.63, 3.8) is 0 Å². The zero-order valence-corrected chi connectivity index (χ0v) is 14.8. The van der Waals surface area contributed by atoms with E-state index < -0.39 is 5.91 Å². The van der Waals surface area contributed by atoms with Crippen LogP contribution < -0.4 is 26.1 Å². The second-order valence-electron chi connectivity index (χ2n) is 5.40. The molecule has 0 unspecified atom stereocenters. The highest BCUT2D eigenvalue weighted by Gasteiger charge is 2.15. The molecule has 1 heterocycles. The van der Waals surface area contributed by atoms with Crippen LogP contribution >= 0.6 is 0 Å². The molecule has 1 aromatic heterocycles. The van der Waals surface area contributed by atoms with Crippen LogP contribution in [0.5, 0.6) is 11.5 Å². The van der Waals surface area contributed by atoms with Crippen LogP contribution in [0.25, 0.3) is 0 Å². The Morgan fingerprint density at radius 1 is 1.32 bits per heavy atom. The van der Waals surface area contributed by atoms with Gasteiger partial charge in [0.15, 0.2) is 0 Å². The van der Waals surface area contributed by atoms with Crippen LogP contribution in [-0.4, -0.2) is 29.7 Å². The van der Waals surface area contributed by atoms with Crippen molar-refractivity contribution in [2.24, 2.45) is 0 Å². The molecule has 0 fully saturated rings. The van der Waals surface area contributed by atoms with Gasteiger partial charge in [-0.1, -0.05) is 6.92 Å². The molecule has 0 aliphatic heterocycles. The highest BCUT2D eigenvalue weighted by atomic mass is 16.5. The third-order valence-corrected chi connectivity index (χ3v) is 3.84. The average molecular weight is 346 g/mol. The monoisotopic (exact) mass is 346 g/mol. The van der Waals surface area contributed by atoms with Gasteiger partial charge in [0, 0.05) is 11.6 Å². The summed E-state index contributed by atoms with van der Waals surface area (Å²) in [5.41, 5.74) is 7.11. The first-order chi connectivity index (χ1) is 11.9. The Kier molecular flexibility index (Phi) is 5.63. The Hall–Kier alpha value is -3.03. The van der Waals surface area contributed by atoms with E-state index in [1.54, 1.807) is 25.1 Å². The lowest BCUT2D eigenvalue weighted by Gasteiger charge is -2.14. The molecular weight excluding hydrogens is 324 g/mol. The molecule has 25 heavy (non-hydrogen) atoms. The lowest BCUT2D eigenvalue weighted by molar-refractivity contribution is -0.116. The number of hydrogen-bond acceptors (Lipinski definition) is 6. The number of carbonyl (C=O) groups excluding carboxylic acids is 1. The van der Waals surface area contributed by atoms with Gasteiger partial charge in [-0.25, -0.2) is 4.98 Å². The molecule has 2 aromatic rings. The first-order valence-corrected chi connectivity index (χ1v) is 7.78. The molecule has 0 aliphatic rings. The minimum atomic E-state index is -0.414. The fourth-order valence-corrected chi connectivity index (χ4v) is 2.44. The molecule has 8 nitrogen and oxygen atoms in total. The Morgan fingerprint density at radius 2 is 2.04 bits per heavy atom. The molecule has 0 saturated heterocycles. The number of aryl methyl sites for hydroxylation is 1. The number of methoxy groups -OCH3 is 2. The van der Waals surface area contributed by atoms with Crippen molar-refractivity contribution < 1.29 is 14.3 Å². The van der Waals surface area contributed by atoms with Gasteiger partial charge >= 0.3 is 0 Å². The number of hydrogen-bond donors (Lipinski definition) is 2. The first-order valence-electron chi connectivity index (χ1n) is 7.78. The number of benzene rings is 1. The first kappa shape index (κ1) is 18.3. The third-order valence-electron chi connectivity index (χ3n) is 3.84. The molecule has 1 amide bonds. The molecule has 0 saturated carbocycles. The number of nitrogen functional groups attached to an aromatic ring is 1. The number of rotatable bonds is 6. The predicted molar refractivity (Wildman–Crippen MR) is 95.2 cm³/mol. The number of carbonyl (C=O) groups is 1. The fraction of sp³-hybridized carbons (Fsp3) is 0.353. The van der Waals surface area contributed by atoms with Crippen LogP contribution in [0.1, 0.15) is 18.2 Å². The van der Waals surface area contributed by atoms with Crippen molar-refractivity contribution in [2.45, 2.75) is 26.8 Å². The van der Waals surface area contributed by atoms with E-state index in [9.17, 15) is 9.59 Å². The van der Waals surface area contributed by atoms with Gasteiger partial charge in [0.1, 0.15) is 18.0 Å². The van der Waals surface area contributed by atoms with E-state index in [4.69, 9.17) is 15.2 Å². The number of nitrogens with two attached hydrogens (primary N) is 1. The van der Waals surface area contributed by atoms with E-state index in [2.05, 4.69) is 10.3 Å². The molecule has 8 heteroatoms. The van der Waals surface area contributed by atoms with E-state index >= 15 is 0 Å². The maximum atomic E-state index is 12.4. The second-order valence-corrected chi connectivity index (χ2v) is 5.40. The molecule has 0 atom stereocenters. The van der Waals surface area contributed by atoms with Gasteiger partial charge in [0.2, 0.25) is 11.9 Å². The van der Waals surface area contributed by atoms with E-state index in [1.807, 2.05) is 6.92 Å². The zero-order valence-electron chi connectivity index (χ0n) is 14.8. The third kappa shape index (κ3) is 3.90. The Labute approximate surface area is 145 Å². The fourth-order valence-electron chi connectivity index (χ4n) is 2.44. The van der Waals surface area contributed by atoms with Gasteiger partial charge in [-0.3, -0.25) is 14.2 Å². The largest absolute Gasteiger partial charge is 0.497 e. The van der Waals surface area contributed by atoms with Gasteiger partial charge in [-0.05, 0) is 25.5 Å². The van der Waals surface area contributed by atoms with Crippen LogP contribution in [0.4, 0.5) is 11.6 Å².